The van der Waals surface area contributed by atoms with Crippen LogP contribution in [0.4, 0.5) is 4.39 Å². The molecule has 1 fully saturated rings. The van der Waals surface area contributed by atoms with E-state index in [0.29, 0.717) is 11.1 Å². The smallest absolute Gasteiger partial charge is 0.251 e. The molecule has 0 unspecified atom stereocenters. The highest BCUT2D eigenvalue weighted by Crippen LogP contribution is 2.41. The maximum Gasteiger partial charge on any atom is 0.251 e. The van der Waals surface area contributed by atoms with Crippen molar-refractivity contribution < 1.29 is 17.6 Å². The number of nitrogens with two attached hydrogens (primary N) is 1. The highest BCUT2D eigenvalue weighted by molar-refractivity contribution is 7.89. The van der Waals surface area contributed by atoms with Crippen LogP contribution < -0.4 is 10.5 Å². The van der Waals surface area contributed by atoms with Gasteiger partial charge in [0.05, 0.1) is 4.90 Å². The number of aryl methyl sites for hydroxylation is 1. The third-order valence-corrected chi connectivity index (χ3v) is 5.20. The third kappa shape index (κ3) is 3.47. The van der Waals surface area contributed by atoms with Crippen molar-refractivity contribution in [1.29, 1.82) is 0 Å². The van der Waals surface area contributed by atoms with E-state index < -0.39 is 10.0 Å². The first-order valence-electron chi connectivity index (χ1n) is 7.45. The van der Waals surface area contributed by atoms with Gasteiger partial charge in [-0.2, -0.15) is 0 Å². The highest BCUT2D eigenvalue weighted by Gasteiger charge is 2.39. The van der Waals surface area contributed by atoms with E-state index in [2.05, 4.69) is 5.32 Å². The quantitative estimate of drug-likeness (QED) is 0.886. The number of rotatable bonds is 4. The maximum atomic E-state index is 13.2. The van der Waals surface area contributed by atoms with Crippen molar-refractivity contribution in [3.63, 3.8) is 0 Å². The Labute approximate surface area is 139 Å². The Balaban J connectivity index is 1.70. The standard InChI is InChI=1S/C17H17FN2O3S/c1-10-7-12(5-6-16(10)24(19,22)23)17(21)20-15-9-14(15)11-3-2-4-13(18)8-11/h2-8,14-15H,9H2,1H3,(H,20,21)(H2,19,22,23)/t14-,15+/m1/s1. The van der Waals surface area contributed by atoms with Crippen molar-refractivity contribution in [3.8, 4) is 0 Å². The topological polar surface area (TPSA) is 89.3 Å². The predicted molar refractivity (Wildman–Crippen MR) is 87.6 cm³/mol. The molecule has 2 aromatic carbocycles. The zero-order valence-electron chi connectivity index (χ0n) is 13.0. The molecule has 0 aromatic heterocycles. The molecule has 126 valence electrons. The molecule has 1 aliphatic rings. The minimum absolute atomic E-state index is 0.00288. The van der Waals surface area contributed by atoms with Gasteiger partial charge in [0.15, 0.2) is 0 Å². The van der Waals surface area contributed by atoms with Crippen LogP contribution in [0, 0.1) is 12.7 Å². The molecule has 1 amide bonds. The van der Waals surface area contributed by atoms with E-state index in [1.165, 1.54) is 30.3 Å². The molecule has 24 heavy (non-hydrogen) atoms. The van der Waals surface area contributed by atoms with E-state index in [9.17, 15) is 17.6 Å². The van der Waals surface area contributed by atoms with Gasteiger partial charge in [0.1, 0.15) is 5.82 Å². The molecule has 0 heterocycles. The van der Waals surface area contributed by atoms with E-state index in [0.717, 1.165) is 12.0 Å². The van der Waals surface area contributed by atoms with Gasteiger partial charge in [-0.1, -0.05) is 12.1 Å². The number of carbonyl (C=O) groups excluding carboxylic acids is 1. The van der Waals surface area contributed by atoms with Gasteiger partial charge < -0.3 is 5.32 Å². The van der Waals surface area contributed by atoms with Crippen LogP contribution in [0.5, 0.6) is 0 Å². The SMILES string of the molecule is Cc1cc(C(=O)N[C@H]2C[C@@H]2c2cccc(F)c2)ccc1S(N)(=O)=O. The maximum absolute atomic E-state index is 13.2. The second kappa shape index (κ2) is 5.99. The zero-order chi connectivity index (χ0) is 17.5. The first-order valence-corrected chi connectivity index (χ1v) is 9.00. The molecular weight excluding hydrogens is 331 g/mol. The molecule has 3 rings (SSSR count). The number of halogens is 1. The predicted octanol–water partition coefficient (Wildman–Crippen LogP) is 2.07. The monoisotopic (exact) mass is 348 g/mol. The summed E-state index contributed by atoms with van der Waals surface area (Å²) in [5.74, 6) is -0.476. The van der Waals surface area contributed by atoms with Crippen LogP contribution in [0.25, 0.3) is 0 Å². The van der Waals surface area contributed by atoms with Gasteiger partial charge in [-0.3, -0.25) is 4.79 Å². The Morgan fingerprint density at radius 3 is 2.62 bits per heavy atom. The summed E-state index contributed by atoms with van der Waals surface area (Å²) in [6.45, 7) is 1.59. The Morgan fingerprint density at radius 1 is 1.25 bits per heavy atom. The summed E-state index contributed by atoms with van der Waals surface area (Å²) in [6, 6.07) is 10.6. The lowest BCUT2D eigenvalue weighted by Gasteiger charge is -2.08. The van der Waals surface area contributed by atoms with Gasteiger partial charge in [0.2, 0.25) is 10.0 Å². The molecule has 3 N–H and O–H groups in total. The molecule has 2 aromatic rings. The van der Waals surface area contributed by atoms with Crippen molar-refractivity contribution in [2.75, 3.05) is 0 Å². The molecule has 2 atom stereocenters. The lowest BCUT2D eigenvalue weighted by Crippen LogP contribution is -2.27. The molecule has 1 saturated carbocycles. The third-order valence-electron chi connectivity index (χ3n) is 4.13. The number of benzene rings is 2. The fourth-order valence-electron chi connectivity index (χ4n) is 2.82. The van der Waals surface area contributed by atoms with E-state index in [-0.39, 0.29) is 28.6 Å². The van der Waals surface area contributed by atoms with E-state index in [1.54, 1.807) is 13.0 Å². The first-order chi connectivity index (χ1) is 11.3. The number of sulfonamides is 1. The summed E-state index contributed by atoms with van der Waals surface area (Å²) in [5, 5.41) is 7.99. The Bertz CT molecular complexity index is 912. The average Bonchev–Trinajstić information content (AvgIpc) is 3.25. The fourth-order valence-corrected chi connectivity index (χ4v) is 3.59. The van der Waals surface area contributed by atoms with Gasteiger partial charge in [-0.25, -0.2) is 17.9 Å². The van der Waals surface area contributed by atoms with Gasteiger partial charge >= 0.3 is 0 Å². The van der Waals surface area contributed by atoms with Crippen LogP contribution in [-0.2, 0) is 10.0 Å². The fraction of sp³-hybridized carbons (Fsp3) is 0.235. The number of amides is 1. The van der Waals surface area contributed by atoms with Crippen LogP contribution in [-0.4, -0.2) is 20.4 Å². The minimum Gasteiger partial charge on any atom is -0.349 e. The first kappa shape index (κ1) is 16.6. The number of primary sulfonamides is 1. The van der Waals surface area contributed by atoms with E-state index in [4.69, 9.17) is 5.14 Å². The Morgan fingerprint density at radius 2 is 2.00 bits per heavy atom. The Hall–Kier alpha value is -2.25. The summed E-state index contributed by atoms with van der Waals surface area (Å²) in [5.41, 5.74) is 1.65. The largest absolute Gasteiger partial charge is 0.349 e. The lowest BCUT2D eigenvalue weighted by molar-refractivity contribution is 0.0950. The molecule has 7 heteroatoms. The molecule has 0 aliphatic heterocycles. The van der Waals surface area contributed by atoms with E-state index >= 15 is 0 Å². The molecular formula is C17H17FN2O3S. The molecule has 0 saturated heterocycles. The summed E-state index contributed by atoms with van der Waals surface area (Å²) < 4.78 is 36.0. The van der Waals surface area contributed by atoms with Crippen LogP contribution in [0.3, 0.4) is 0 Å². The number of hydrogen-bond donors (Lipinski definition) is 2. The molecule has 0 radical (unpaired) electrons. The van der Waals surface area contributed by atoms with Crippen LogP contribution in [0.1, 0.15) is 33.8 Å². The second-order valence-electron chi connectivity index (χ2n) is 6.00. The van der Waals surface area contributed by atoms with Crippen molar-refractivity contribution >= 4 is 15.9 Å². The number of hydrogen-bond acceptors (Lipinski definition) is 3. The molecule has 0 spiro atoms. The van der Waals surface area contributed by atoms with Crippen molar-refractivity contribution in [3.05, 3.63) is 65.0 Å². The van der Waals surface area contributed by atoms with Crippen LogP contribution in [0.15, 0.2) is 47.4 Å². The molecule has 5 nitrogen and oxygen atoms in total. The minimum atomic E-state index is -3.80. The van der Waals surface area contributed by atoms with Crippen LogP contribution in [0.2, 0.25) is 0 Å². The average molecular weight is 348 g/mol. The van der Waals surface area contributed by atoms with Gasteiger partial charge in [-0.05, 0) is 54.8 Å². The lowest BCUT2D eigenvalue weighted by atomic mass is 10.1. The van der Waals surface area contributed by atoms with Gasteiger partial charge in [0, 0.05) is 17.5 Å². The highest BCUT2D eigenvalue weighted by atomic mass is 32.2. The normalized spacial score (nSPS) is 19.8. The summed E-state index contributed by atoms with van der Waals surface area (Å²) >= 11 is 0. The molecule has 1 aliphatic carbocycles. The summed E-state index contributed by atoms with van der Waals surface area (Å²) in [4.78, 5) is 12.3. The van der Waals surface area contributed by atoms with Crippen molar-refractivity contribution in [1.82, 2.24) is 5.32 Å². The Kier molecular flexibility index (Phi) is 4.15. The molecule has 0 bridgehead atoms. The van der Waals surface area contributed by atoms with Crippen LogP contribution >= 0.6 is 0 Å². The second-order valence-corrected chi connectivity index (χ2v) is 7.53. The summed E-state index contributed by atoms with van der Waals surface area (Å²) in [7, 11) is -3.80. The number of nitrogens with one attached hydrogen (secondary N) is 1. The summed E-state index contributed by atoms with van der Waals surface area (Å²) in [6.07, 6.45) is 0.753. The number of carbonyl (C=O) groups is 1. The van der Waals surface area contributed by atoms with Gasteiger partial charge in [-0.15, -0.1) is 0 Å². The van der Waals surface area contributed by atoms with Gasteiger partial charge in [0.25, 0.3) is 5.91 Å². The zero-order valence-corrected chi connectivity index (χ0v) is 13.8. The van der Waals surface area contributed by atoms with Crippen molar-refractivity contribution in [2.45, 2.75) is 30.2 Å². The van der Waals surface area contributed by atoms with E-state index in [1.807, 2.05) is 6.07 Å². The van der Waals surface area contributed by atoms with Crippen molar-refractivity contribution in [2.24, 2.45) is 5.14 Å².